The summed E-state index contributed by atoms with van der Waals surface area (Å²) in [5, 5.41) is 15.1. The van der Waals surface area contributed by atoms with Gasteiger partial charge in [-0.05, 0) is 20.0 Å². The predicted molar refractivity (Wildman–Crippen MR) is 87.7 cm³/mol. The molecule has 128 valence electrons. The molecule has 1 atom stereocenters. The number of rotatable bonds is 5. The number of carboxylic acids is 1. The van der Waals surface area contributed by atoms with E-state index in [1.165, 1.54) is 6.20 Å². The number of halogens is 1. The Morgan fingerprint density at radius 3 is 2.92 bits per heavy atom. The Morgan fingerprint density at radius 1 is 1.50 bits per heavy atom. The number of hydrogen-bond acceptors (Lipinski definition) is 5. The van der Waals surface area contributed by atoms with Gasteiger partial charge < -0.3 is 25.0 Å². The molecule has 24 heavy (non-hydrogen) atoms. The second-order valence-corrected chi connectivity index (χ2v) is 5.73. The highest BCUT2D eigenvalue weighted by atomic mass is 19.1. The van der Waals surface area contributed by atoms with Crippen molar-refractivity contribution in [2.24, 2.45) is 0 Å². The molecule has 8 heteroatoms. The molecule has 0 fully saturated rings. The zero-order valence-corrected chi connectivity index (χ0v) is 13.4. The zero-order valence-electron chi connectivity index (χ0n) is 13.4. The minimum atomic E-state index is -1.33. The average molecular weight is 335 g/mol. The highest BCUT2D eigenvalue weighted by Gasteiger charge is 2.27. The molecule has 1 aromatic carbocycles. The number of anilines is 1. The molecule has 0 amide bonds. The van der Waals surface area contributed by atoms with E-state index in [4.69, 9.17) is 4.74 Å². The molecular formula is C16H18FN3O4. The number of carbonyl (C=O) groups is 1. The van der Waals surface area contributed by atoms with Crippen LogP contribution in [0.1, 0.15) is 23.3 Å². The molecule has 1 aliphatic rings. The van der Waals surface area contributed by atoms with Crippen molar-refractivity contribution in [3.05, 3.63) is 33.9 Å². The number of likely N-dealkylation sites (N-methyl/N-ethyl adjacent to an activating group) is 1. The van der Waals surface area contributed by atoms with E-state index >= 15 is 0 Å². The van der Waals surface area contributed by atoms with E-state index in [0.717, 1.165) is 6.07 Å². The molecule has 0 spiro atoms. The summed E-state index contributed by atoms with van der Waals surface area (Å²) in [5.74, 6) is -1.73. The van der Waals surface area contributed by atoms with Crippen LogP contribution in [0.3, 0.4) is 0 Å². The molecule has 0 saturated heterocycles. The lowest BCUT2D eigenvalue weighted by Gasteiger charge is -2.28. The van der Waals surface area contributed by atoms with E-state index in [1.54, 1.807) is 11.6 Å². The molecule has 2 aromatic rings. The van der Waals surface area contributed by atoms with Crippen molar-refractivity contribution < 1.29 is 19.0 Å². The second-order valence-electron chi connectivity index (χ2n) is 5.73. The van der Waals surface area contributed by atoms with Crippen LogP contribution in [0.4, 0.5) is 10.1 Å². The van der Waals surface area contributed by atoms with Crippen molar-refractivity contribution in [1.29, 1.82) is 0 Å². The molecule has 3 rings (SSSR count). The average Bonchev–Trinajstić information content (AvgIpc) is 2.54. The molecule has 0 aliphatic carbocycles. The fraction of sp³-hybridized carbons (Fsp3) is 0.375. The number of pyridine rings is 1. The van der Waals surface area contributed by atoms with Crippen LogP contribution in [-0.4, -0.2) is 42.4 Å². The molecule has 7 nitrogen and oxygen atoms in total. The minimum absolute atomic E-state index is 0.00752. The molecule has 2 heterocycles. The first kappa shape index (κ1) is 16.3. The maximum absolute atomic E-state index is 14.5. The third-order valence-corrected chi connectivity index (χ3v) is 4.07. The van der Waals surface area contributed by atoms with Gasteiger partial charge in [-0.3, -0.25) is 4.79 Å². The molecule has 3 N–H and O–H groups in total. The van der Waals surface area contributed by atoms with E-state index in [1.807, 2.05) is 6.92 Å². The van der Waals surface area contributed by atoms with Crippen LogP contribution in [0, 0.1) is 5.82 Å². The number of ether oxygens (including phenoxy) is 1. The Kier molecular flexibility index (Phi) is 4.15. The highest BCUT2D eigenvalue weighted by Crippen LogP contribution is 2.39. The molecule has 0 saturated carbocycles. The second kappa shape index (κ2) is 6.12. The smallest absolute Gasteiger partial charge is 0.341 e. The van der Waals surface area contributed by atoms with Gasteiger partial charge in [-0.15, -0.1) is 0 Å². The fourth-order valence-electron chi connectivity index (χ4n) is 2.86. The first-order valence-corrected chi connectivity index (χ1v) is 7.61. The van der Waals surface area contributed by atoms with Crippen LogP contribution in [0.5, 0.6) is 5.75 Å². The van der Waals surface area contributed by atoms with Crippen LogP contribution < -0.4 is 20.8 Å². The Bertz CT molecular complexity index is 878. The normalized spacial score (nSPS) is 16.0. The molecule has 0 unspecified atom stereocenters. The Labute approximate surface area is 137 Å². The topological polar surface area (TPSA) is 92.6 Å². The van der Waals surface area contributed by atoms with Crippen LogP contribution in [0.2, 0.25) is 0 Å². The van der Waals surface area contributed by atoms with E-state index in [2.05, 4.69) is 10.6 Å². The monoisotopic (exact) mass is 335 g/mol. The lowest BCUT2D eigenvalue weighted by atomic mass is 10.1. The summed E-state index contributed by atoms with van der Waals surface area (Å²) in [6.45, 7) is 3.20. The third kappa shape index (κ3) is 2.48. The lowest BCUT2D eigenvalue weighted by molar-refractivity contribution is 0.0694. The van der Waals surface area contributed by atoms with Crippen LogP contribution in [0.25, 0.3) is 10.9 Å². The highest BCUT2D eigenvalue weighted by molar-refractivity contribution is 5.97. The first-order chi connectivity index (χ1) is 11.5. The van der Waals surface area contributed by atoms with Gasteiger partial charge in [0.25, 0.3) is 0 Å². The molecule has 0 bridgehead atoms. The van der Waals surface area contributed by atoms with Gasteiger partial charge in [0.2, 0.25) is 5.43 Å². The van der Waals surface area contributed by atoms with Gasteiger partial charge >= 0.3 is 5.97 Å². The third-order valence-electron chi connectivity index (χ3n) is 4.07. The van der Waals surface area contributed by atoms with Crippen molar-refractivity contribution in [1.82, 2.24) is 9.88 Å². The zero-order chi connectivity index (χ0) is 17.4. The molecule has 1 aromatic heterocycles. The Morgan fingerprint density at radius 2 is 2.25 bits per heavy atom. The molecule has 1 aliphatic heterocycles. The van der Waals surface area contributed by atoms with Crippen LogP contribution in [0.15, 0.2) is 17.1 Å². The number of aromatic carboxylic acids is 1. The van der Waals surface area contributed by atoms with Gasteiger partial charge in [0.15, 0.2) is 11.6 Å². The van der Waals surface area contributed by atoms with Crippen LogP contribution in [-0.2, 0) is 0 Å². The van der Waals surface area contributed by atoms with Crippen molar-refractivity contribution in [3.63, 3.8) is 0 Å². The summed E-state index contributed by atoms with van der Waals surface area (Å²) < 4.78 is 21.8. The van der Waals surface area contributed by atoms with Crippen LogP contribution >= 0.6 is 0 Å². The van der Waals surface area contributed by atoms with E-state index < -0.39 is 17.2 Å². The van der Waals surface area contributed by atoms with Gasteiger partial charge in [-0.2, -0.15) is 0 Å². The van der Waals surface area contributed by atoms with E-state index in [-0.39, 0.29) is 35.0 Å². The summed E-state index contributed by atoms with van der Waals surface area (Å²) in [4.78, 5) is 23.7. The van der Waals surface area contributed by atoms with Gasteiger partial charge in [0.1, 0.15) is 17.9 Å². The van der Waals surface area contributed by atoms with Gasteiger partial charge in [0, 0.05) is 19.3 Å². The van der Waals surface area contributed by atoms with E-state index in [0.29, 0.717) is 18.6 Å². The quantitative estimate of drug-likeness (QED) is 0.716. The predicted octanol–water partition coefficient (Wildman–Crippen LogP) is 1.42. The first-order valence-electron chi connectivity index (χ1n) is 7.61. The number of hydrogen-bond donors (Lipinski definition) is 3. The number of benzene rings is 1. The minimum Gasteiger partial charge on any atom is -0.487 e. The number of carboxylic acid groups (broad SMARTS) is 1. The lowest BCUT2D eigenvalue weighted by Crippen LogP contribution is -2.27. The van der Waals surface area contributed by atoms with Crippen molar-refractivity contribution in [3.8, 4) is 5.75 Å². The maximum atomic E-state index is 14.5. The summed E-state index contributed by atoms with van der Waals surface area (Å²) in [7, 11) is 1.78. The number of nitrogens with one attached hydrogen (secondary N) is 2. The van der Waals surface area contributed by atoms with Crippen molar-refractivity contribution in [2.75, 3.05) is 32.1 Å². The fourth-order valence-corrected chi connectivity index (χ4v) is 2.86. The Balaban J connectivity index is 2.30. The standard InChI is InChI=1S/C16H18FN3O4/c1-8-7-24-15-12(19-4-3-18-2)11(17)5-9-13(15)20(8)6-10(14(9)21)16(22)23/h5-6,8,18-19H,3-4,7H2,1-2H3,(H,22,23)/t8-/m0/s1. The van der Waals surface area contributed by atoms with Crippen molar-refractivity contribution >= 4 is 22.6 Å². The number of aromatic nitrogens is 1. The Hall–Kier alpha value is -2.61. The molecular weight excluding hydrogens is 317 g/mol. The SMILES string of the molecule is CNCCNc1c(F)cc2c(=O)c(C(=O)O)cn3c2c1OC[C@@H]3C. The summed E-state index contributed by atoms with van der Waals surface area (Å²) in [6, 6.07) is 0.905. The van der Waals surface area contributed by atoms with Crippen molar-refractivity contribution in [2.45, 2.75) is 13.0 Å². The molecule has 0 radical (unpaired) electrons. The largest absolute Gasteiger partial charge is 0.487 e. The van der Waals surface area contributed by atoms with Gasteiger partial charge in [-0.25, -0.2) is 9.18 Å². The van der Waals surface area contributed by atoms with E-state index in [9.17, 15) is 19.1 Å². The summed E-state index contributed by atoms with van der Waals surface area (Å²) in [6.07, 6.45) is 1.30. The summed E-state index contributed by atoms with van der Waals surface area (Å²) >= 11 is 0. The number of nitrogens with zero attached hydrogens (tertiary/aromatic N) is 1. The summed E-state index contributed by atoms with van der Waals surface area (Å²) in [5.41, 5.74) is -0.496. The maximum Gasteiger partial charge on any atom is 0.341 e. The van der Waals surface area contributed by atoms with Gasteiger partial charge in [-0.1, -0.05) is 0 Å². The van der Waals surface area contributed by atoms with Gasteiger partial charge in [0.05, 0.1) is 16.9 Å².